The van der Waals surface area contributed by atoms with Crippen molar-refractivity contribution in [3.8, 4) is 5.75 Å². The third kappa shape index (κ3) is 3.99. The molecule has 0 aliphatic carbocycles. The summed E-state index contributed by atoms with van der Waals surface area (Å²) in [5.74, 6) is 0.748. The Balaban J connectivity index is 2.19. The third-order valence-electron chi connectivity index (χ3n) is 2.82. The molecule has 0 aromatic heterocycles. The van der Waals surface area contributed by atoms with E-state index < -0.39 is 0 Å². The van der Waals surface area contributed by atoms with Gasteiger partial charge in [0.2, 0.25) is 6.54 Å². The fourth-order valence-corrected chi connectivity index (χ4v) is 2.96. The molecule has 0 aliphatic rings. The summed E-state index contributed by atoms with van der Waals surface area (Å²) in [6.07, 6.45) is 0. The van der Waals surface area contributed by atoms with Crippen molar-refractivity contribution in [1.82, 2.24) is 0 Å². The van der Waals surface area contributed by atoms with Crippen LogP contribution in [0.5, 0.6) is 5.75 Å². The highest BCUT2D eigenvalue weighted by Crippen LogP contribution is 2.35. The van der Waals surface area contributed by atoms with Crippen LogP contribution in [0.3, 0.4) is 0 Å². The number of nitrogens with zero attached hydrogens (tertiary/aromatic N) is 1. The number of hydrogen-bond donors (Lipinski definition) is 0. The lowest BCUT2D eigenvalue weighted by atomic mass is 10.1. The first-order valence-corrected chi connectivity index (χ1v) is 7.04. The highest BCUT2D eigenvalue weighted by Gasteiger charge is 2.19. The SMILES string of the molecule is COc1ccc(C(C[N+](=O)[O-])Sc2ccccc2)cc1. The molecule has 0 spiro atoms. The molecule has 20 heavy (non-hydrogen) atoms. The maximum absolute atomic E-state index is 10.9. The molecule has 0 N–H and O–H groups in total. The molecule has 0 amide bonds. The van der Waals surface area contributed by atoms with Crippen LogP contribution in [-0.2, 0) is 0 Å². The Bertz CT molecular complexity index is 557. The van der Waals surface area contributed by atoms with Crippen LogP contribution in [0.15, 0.2) is 59.5 Å². The molecule has 1 atom stereocenters. The maximum Gasteiger partial charge on any atom is 0.220 e. The molecule has 2 aromatic carbocycles. The number of nitro groups is 1. The van der Waals surface area contributed by atoms with Crippen molar-refractivity contribution >= 4 is 11.8 Å². The van der Waals surface area contributed by atoms with Crippen LogP contribution in [0.2, 0.25) is 0 Å². The summed E-state index contributed by atoms with van der Waals surface area (Å²) in [4.78, 5) is 11.6. The lowest BCUT2D eigenvalue weighted by Crippen LogP contribution is -2.09. The van der Waals surface area contributed by atoms with Gasteiger partial charge in [-0.1, -0.05) is 30.3 Å². The van der Waals surface area contributed by atoms with Crippen LogP contribution in [0, 0.1) is 10.1 Å². The summed E-state index contributed by atoms with van der Waals surface area (Å²) >= 11 is 1.50. The quantitative estimate of drug-likeness (QED) is 0.461. The van der Waals surface area contributed by atoms with Gasteiger partial charge in [-0.2, -0.15) is 0 Å². The second kappa shape index (κ2) is 6.96. The van der Waals surface area contributed by atoms with E-state index in [4.69, 9.17) is 4.74 Å². The molecule has 2 rings (SSSR count). The minimum atomic E-state index is -0.273. The molecule has 104 valence electrons. The van der Waals surface area contributed by atoms with Crippen molar-refractivity contribution < 1.29 is 9.66 Å². The summed E-state index contributed by atoms with van der Waals surface area (Å²) in [6, 6.07) is 17.1. The van der Waals surface area contributed by atoms with Crippen molar-refractivity contribution in [1.29, 1.82) is 0 Å². The van der Waals surface area contributed by atoms with Gasteiger partial charge in [-0.05, 0) is 29.8 Å². The second-order valence-electron chi connectivity index (χ2n) is 4.21. The Labute approximate surface area is 121 Å². The van der Waals surface area contributed by atoms with E-state index in [1.165, 1.54) is 11.8 Å². The number of thioether (sulfide) groups is 1. The molecule has 0 heterocycles. The molecule has 5 heteroatoms. The smallest absolute Gasteiger partial charge is 0.220 e. The first kappa shape index (κ1) is 14.4. The van der Waals surface area contributed by atoms with Crippen molar-refractivity contribution in [2.24, 2.45) is 0 Å². The van der Waals surface area contributed by atoms with E-state index in [0.29, 0.717) is 0 Å². The van der Waals surface area contributed by atoms with Crippen LogP contribution in [-0.4, -0.2) is 18.6 Å². The van der Waals surface area contributed by atoms with Gasteiger partial charge in [-0.25, -0.2) is 0 Å². The topological polar surface area (TPSA) is 52.4 Å². The summed E-state index contributed by atoms with van der Waals surface area (Å²) < 4.78 is 5.11. The molecule has 0 fully saturated rings. The first-order chi connectivity index (χ1) is 9.69. The highest BCUT2D eigenvalue weighted by atomic mass is 32.2. The maximum atomic E-state index is 10.9. The van der Waals surface area contributed by atoms with Crippen LogP contribution < -0.4 is 4.74 Å². The summed E-state index contributed by atoms with van der Waals surface area (Å²) in [5.41, 5.74) is 0.927. The number of methoxy groups -OCH3 is 1. The van der Waals surface area contributed by atoms with E-state index in [-0.39, 0.29) is 16.7 Å². The molecule has 0 saturated heterocycles. The predicted molar refractivity (Wildman–Crippen MR) is 79.9 cm³/mol. The van der Waals surface area contributed by atoms with Crippen molar-refractivity contribution in [2.45, 2.75) is 10.1 Å². The molecule has 0 bridgehead atoms. The second-order valence-corrected chi connectivity index (χ2v) is 5.48. The molecule has 2 aromatic rings. The highest BCUT2D eigenvalue weighted by molar-refractivity contribution is 7.99. The first-order valence-electron chi connectivity index (χ1n) is 6.16. The minimum Gasteiger partial charge on any atom is -0.497 e. The molecule has 1 unspecified atom stereocenters. The van der Waals surface area contributed by atoms with Crippen LogP contribution in [0.25, 0.3) is 0 Å². The largest absolute Gasteiger partial charge is 0.497 e. The molecular formula is C15H15NO3S. The standard InChI is InChI=1S/C15H15NO3S/c1-19-13-9-7-12(8-10-13)15(11-16(17)18)20-14-5-3-2-4-6-14/h2-10,15H,11H2,1H3. The Kier molecular flexibility index (Phi) is 5.01. The van der Waals surface area contributed by atoms with Gasteiger partial charge < -0.3 is 4.74 Å². The zero-order valence-electron chi connectivity index (χ0n) is 11.1. The van der Waals surface area contributed by atoms with Gasteiger partial charge in [0.25, 0.3) is 0 Å². The number of rotatable bonds is 6. The van der Waals surface area contributed by atoms with Gasteiger partial charge in [0.1, 0.15) is 5.75 Å². The number of benzene rings is 2. The van der Waals surface area contributed by atoms with Crippen LogP contribution >= 0.6 is 11.8 Å². The van der Waals surface area contributed by atoms with Crippen LogP contribution in [0.4, 0.5) is 0 Å². The third-order valence-corrected chi connectivity index (χ3v) is 4.07. The fourth-order valence-electron chi connectivity index (χ4n) is 1.83. The molecule has 0 saturated carbocycles. The molecule has 4 nitrogen and oxygen atoms in total. The van der Waals surface area contributed by atoms with Gasteiger partial charge in [-0.3, -0.25) is 10.1 Å². The van der Waals surface area contributed by atoms with E-state index in [0.717, 1.165) is 16.2 Å². The van der Waals surface area contributed by atoms with Gasteiger partial charge >= 0.3 is 0 Å². The summed E-state index contributed by atoms with van der Waals surface area (Å²) in [5, 5.41) is 10.7. The van der Waals surface area contributed by atoms with Crippen molar-refractivity contribution in [2.75, 3.05) is 13.7 Å². The zero-order valence-corrected chi connectivity index (χ0v) is 11.9. The Morgan fingerprint density at radius 2 is 1.80 bits per heavy atom. The van der Waals surface area contributed by atoms with Gasteiger partial charge in [-0.15, -0.1) is 11.8 Å². The monoisotopic (exact) mass is 289 g/mol. The van der Waals surface area contributed by atoms with Crippen molar-refractivity contribution in [3.05, 3.63) is 70.3 Å². The lowest BCUT2D eigenvalue weighted by molar-refractivity contribution is -0.479. The normalized spacial score (nSPS) is 11.8. The van der Waals surface area contributed by atoms with E-state index >= 15 is 0 Å². The van der Waals surface area contributed by atoms with Gasteiger partial charge in [0, 0.05) is 9.82 Å². The van der Waals surface area contributed by atoms with E-state index in [2.05, 4.69) is 0 Å². The molecule has 0 aliphatic heterocycles. The van der Waals surface area contributed by atoms with E-state index in [1.807, 2.05) is 54.6 Å². The average Bonchev–Trinajstić information content (AvgIpc) is 2.47. The molecular weight excluding hydrogens is 274 g/mol. The minimum absolute atomic E-state index is 0.105. The Hall–Kier alpha value is -2.01. The lowest BCUT2D eigenvalue weighted by Gasteiger charge is -2.13. The summed E-state index contributed by atoms with van der Waals surface area (Å²) in [6.45, 7) is -0.105. The fraction of sp³-hybridized carbons (Fsp3) is 0.200. The Morgan fingerprint density at radius 3 is 2.35 bits per heavy atom. The van der Waals surface area contributed by atoms with E-state index in [9.17, 15) is 10.1 Å². The predicted octanol–water partition coefficient (Wildman–Crippen LogP) is 3.81. The average molecular weight is 289 g/mol. The van der Waals surface area contributed by atoms with Gasteiger partial charge in [0.15, 0.2) is 0 Å². The molecule has 0 radical (unpaired) electrons. The van der Waals surface area contributed by atoms with Crippen molar-refractivity contribution in [3.63, 3.8) is 0 Å². The zero-order chi connectivity index (χ0) is 14.4. The van der Waals surface area contributed by atoms with Gasteiger partial charge in [0.05, 0.1) is 12.4 Å². The Morgan fingerprint density at radius 1 is 1.15 bits per heavy atom. The number of ether oxygens (including phenoxy) is 1. The summed E-state index contributed by atoms with van der Waals surface area (Å²) in [7, 11) is 1.60. The number of hydrogen-bond acceptors (Lipinski definition) is 4. The van der Waals surface area contributed by atoms with Crippen LogP contribution in [0.1, 0.15) is 10.8 Å². The van der Waals surface area contributed by atoms with E-state index in [1.54, 1.807) is 7.11 Å².